The summed E-state index contributed by atoms with van der Waals surface area (Å²) >= 11 is 0. The van der Waals surface area contributed by atoms with Gasteiger partial charge in [0, 0.05) is 53.4 Å². The third-order valence-corrected chi connectivity index (χ3v) is 5.85. The lowest BCUT2D eigenvalue weighted by Crippen LogP contribution is -2.51. The lowest BCUT2D eigenvalue weighted by Gasteiger charge is -2.37. The molecular weight excluding hydrogens is 356 g/mol. The largest absolute Gasteiger partial charge is 0.353 e. The minimum absolute atomic E-state index is 0.149. The van der Waals surface area contributed by atoms with E-state index in [-0.39, 0.29) is 11.8 Å². The van der Waals surface area contributed by atoms with Crippen molar-refractivity contribution in [1.29, 1.82) is 0 Å². The molecule has 154 valence electrons. The molecule has 2 aliphatic rings. The van der Waals surface area contributed by atoms with Crippen LogP contribution in [0, 0.1) is 0 Å². The fourth-order valence-corrected chi connectivity index (χ4v) is 3.95. The number of piperazine rings is 1. The molecule has 1 aliphatic carbocycles. The van der Waals surface area contributed by atoms with Crippen molar-refractivity contribution in [1.82, 2.24) is 24.9 Å². The molecule has 1 saturated carbocycles. The molecule has 8 heteroatoms. The van der Waals surface area contributed by atoms with Gasteiger partial charge in [0.2, 0.25) is 5.91 Å². The lowest BCUT2D eigenvalue weighted by atomic mass is 9.94. The third kappa shape index (κ3) is 4.98. The Morgan fingerprint density at radius 1 is 1.00 bits per heavy atom. The molecule has 1 saturated heterocycles. The SMILES string of the molecule is CN(C)C(=O)c1ccc(N2CCN(CC(=O)N(C)C3CCCCC3)CC2)nn1. The lowest BCUT2D eigenvalue weighted by molar-refractivity contribution is -0.133. The van der Waals surface area contributed by atoms with E-state index in [2.05, 4.69) is 20.0 Å². The Balaban J connectivity index is 1.47. The second-order valence-corrected chi connectivity index (χ2v) is 8.04. The number of hydrogen-bond acceptors (Lipinski definition) is 6. The summed E-state index contributed by atoms with van der Waals surface area (Å²) in [6.45, 7) is 3.74. The number of carbonyl (C=O) groups is 2. The first-order chi connectivity index (χ1) is 13.5. The van der Waals surface area contributed by atoms with Crippen LogP contribution in [-0.4, -0.2) is 96.6 Å². The predicted molar refractivity (Wildman–Crippen MR) is 108 cm³/mol. The highest BCUT2D eigenvalue weighted by atomic mass is 16.2. The first-order valence-corrected chi connectivity index (χ1v) is 10.2. The zero-order valence-electron chi connectivity index (χ0n) is 17.3. The van der Waals surface area contributed by atoms with Gasteiger partial charge in [0.05, 0.1) is 6.54 Å². The molecule has 1 aromatic heterocycles. The van der Waals surface area contributed by atoms with Crippen LogP contribution in [0.4, 0.5) is 5.82 Å². The Kier molecular flexibility index (Phi) is 6.83. The Morgan fingerprint density at radius 2 is 1.68 bits per heavy atom. The van der Waals surface area contributed by atoms with Crippen LogP contribution in [0.2, 0.25) is 0 Å². The van der Waals surface area contributed by atoms with Gasteiger partial charge < -0.3 is 14.7 Å². The molecule has 8 nitrogen and oxygen atoms in total. The number of amides is 2. The maximum atomic E-state index is 12.6. The van der Waals surface area contributed by atoms with Crippen molar-refractivity contribution in [3.05, 3.63) is 17.8 Å². The molecule has 0 bridgehead atoms. The van der Waals surface area contributed by atoms with E-state index in [1.165, 1.54) is 24.2 Å². The van der Waals surface area contributed by atoms with Crippen LogP contribution in [0.15, 0.2) is 12.1 Å². The van der Waals surface area contributed by atoms with Gasteiger partial charge in [-0.2, -0.15) is 0 Å². The van der Waals surface area contributed by atoms with Crippen LogP contribution < -0.4 is 4.90 Å². The van der Waals surface area contributed by atoms with E-state index in [0.717, 1.165) is 44.8 Å². The molecule has 0 atom stereocenters. The summed E-state index contributed by atoms with van der Waals surface area (Å²) in [6.07, 6.45) is 6.05. The third-order valence-electron chi connectivity index (χ3n) is 5.85. The van der Waals surface area contributed by atoms with E-state index in [1.54, 1.807) is 20.2 Å². The van der Waals surface area contributed by atoms with Gasteiger partial charge in [0.25, 0.3) is 5.91 Å². The highest BCUT2D eigenvalue weighted by Crippen LogP contribution is 2.22. The molecule has 0 radical (unpaired) electrons. The van der Waals surface area contributed by atoms with Crippen LogP contribution in [0.25, 0.3) is 0 Å². The van der Waals surface area contributed by atoms with Gasteiger partial charge in [-0.1, -0.05) is 19.3 Å². The summed E-state index contributed by atoms with van der Waals surface area (Å²) in [5, 5.41) is 8.28. The van der Waals surface area contributed by atoms with Crippen molar-refractivity contribution in [2.24, 2.45) is 0 Å². The summed E-state index contributed by atoms with van der Waals surface area (Å²) in [7, 11) is 5.36. The zero-order chi connectivity index (χ0) is 20.1. The van der Waals surface area contributed by atoms with Crippen molar-refractivity contribution in [3.8, 4) is 0 Å². The van der Waals surface area contributed by atoms with Crippen molar-refractivity contribution in [3.63, 3.8) is 0 Å². The number of carbonyl (C=O) groups excluding carboxylic acids is 2. The summed E-state index contributed by atoms with van der Waals surface area (Å²) in [4.78, 5) is 32.4. The first-order valence-electron chi connectivity index (χ1n) is 10.2. The second kappa shape index (κ2) is 9.32. The van der Waals surface area contributed by atoms with Gasteiger partial charge in [-0.3, -0.25) is 14.5 Å². The van der Waals surface area contributed by atoms with E-state index in [4.69, 9.17) is 0 Å². The number of nitrogens with zero attached hydrogens (tertiary/aromatic N) is 6. The second-order valence-electron chi connectivity index (χ2n) is 8.04. The molecule has 2 amide bonds. The number of hydrogen-bond donors (Lipinski definition) is 0. The van der Waals surface area contributed by atoms with Crippen LogP contribution in [0.5, 0.6) is 0 Å². The van der Waals surface area contributed by atoms with Crippen molar-refractivity contribution in [2.45, 2.75) is 38.1 Å². The van der Waals surface area contributed by atoms with Crippen LogP contribution in [-0.2, 0) is 4.79 Å². The first kappa shape index (κ1) is 20.5. The van der Waals surface area contributed by atoms with E-state index >= 15 is 0 Å². The van der Waals surface area contributed by atoms with Gasteiger partial charge in [0.15, 0.2) is 11.5 Å². The smallest absolute Gasteiger partial charge is 0.273 e. The molecule has 0 unspecified atom stereocenters. The fraction of sp³-hybridized carbons (Fsp3) is 0.700. The van der Waals surface area contributed by atoms with Crippen LogP contribution in [0.3, 0.4) is 0 Å². The molecule has 1 aliphatic heterocycles. The standard InChI is InChI=1S/C20H32N6O2/c1-23(2)20(28)17-9-10-18(22-21-17)26-13-11-25(12-14-26)15-19(27)24(3)16-7-5-4-6-8-16/h9-10,16H,4-8,11-15H2,1-3H3. The molecule has 28 heavy (non-hydrogen) atoms. The van der Waals surface area contributed by atoms with Gasteiger partial charge in [0.1, 0.15) is 0 Å². The monoisotopic (exact) mass is 388 g/mol. The van der Waals surface area contributed by atoms with Crippen LogP contribution >= 0.6 is 0 Å². The molecule has 1 aromatic rings. The van der Waals surface area contributed by atoms with E-state index in [1.807, 2.05) is 18.0 Å². The van der Waals surface area contributed by atoms with Crippen LogP contribution in [0.1, 0.15) is 42.6 Å². The van der Waals surface area contributed by atoms with E-state index in [9.17, 15) is 9.59 Å². The highest BCUT2D eigenvalue weighted by Gasteiger charge is 2.25. The molecule has 2 heterocycles. The number of likely N-dealkylation sites (N-methyl/N-ethyl adjacent to an activating group) is 1. The minimum atomic E-state index is -0.149. The summed E-state index contributed by atoms with van der Waals surface area (Å²) in [5.74, 6) is 0.858. The average molecular weight is 389 g/mol. The average Bonchev–Trinajstić information content (AvgIpc) is 2.74. The van der Waals surface area contributed by atoms with Crippen molar-refractivity contribution >= 4 is 17.6 Å². The van der Waals surface area contributed by atoms with E-state index < -0.39 is 0 Å². The molecule has 0 aromatic carbocycles. The normalized spacial score (nSPS) is 18.8. The topological polar surface area (TPSA) is 72.9 Å². The molecule has 3 rings (SSSR count). The summed E-state index contributed by atoms with van der Waals surface area (Å²) < 4.78 is 0. The predicted octanol–water partition coefficient (Wildman–Crippen LogP) is 1.09. The van der Waals surface area contributed by atoms with Crippen molar-refractivity contribution in [2.75, 3.05) is 58.8 Å². The minimum Gasteiger partial charge on any atom is -0.353 e. The van der Waals surface area contributed by atoms with Gasteiger partial charge in [-0.15, -0.1) is 10.2 Å². The van der Waals surface area contributed by atoms with Gasteiger partial charge in [-0.05, 0) is 25.0 Å². The Hall–Kier alpha value is -2.22. The maximum Gasteiger partial charge on any atom is 0.273 e. The van der Waals surface area contributed by atoms with Gasteiger partial charge >= 0.3 is 0 Å². The summed E-state index contributed by atoms with van der Waals surface area (Å²) in [5.41, 5.74) is 0.351. The number of anilines is 1. The molecule has 2 fully saturated rings. The zero-order valence-corrected chi connectivity index (χ0v) is 17.3. The van der Waals surface area contributed by atoms with Gasteiger partial charge in [-0.25, -0.2) is 0 Å². The maximum absolute atomic E-state index is 12.6. The molecule has 0 spiro atoms. The highest BCUT2D eigenvalue weighted by molar-refractivity contribution is 5.91. The quantitative estimate of drug-likeness (QED) is 0.752. The molecule has 0 N–H and O–H groups in total. The van der Waals surface area contributed by atoms with Crippen molar-refractivity contribution < 1.29 is 9.59 Å². The number of aromatic nitrogens is 2. The Morgan fingerprint density at radius 3 is 2.25 bits per heavy atom. The Labute approximate surface area is 167 Å². The Bertz CT molecular complexity index is 664. The number of rotatable bonds is 5. The van der Waals surface area contributed by atoms with E-state index in [0.29, 0.717) is 18.3 Å². The molecular formula is C20H32N6O2. The summed E-state index contributed by atoms with van der Waals surface area (Å²) in [6, 6.07) is 3.99. The fourth-order valence-electron chi connectivity index (χ4n) is 3.95.